The molecule has 7 nitrogen and oxygen atoms in total. The van der Waals surface area contributed by atoms with Gasteiger partial charge in [0.05, 0.1) is 0 Å². The number of nitrogens with zero attached hydrogens (tertiary/aromatic N) is 5. The third-order valence-electron chi connectivity index (χ3n) is 4.11. The second-order valence-corrected chi connectivity index (χ2v) is 6.42. The summed E-state index contributed by atoms with van der Waals surface area (Å²) in [7, 11) is 1.85. The molecule has 28 heavy (non-hydrogen) atoms. The van der Waals surface area contributed by atoms with Crippen molar-refractivity contribution < 1.29 is 9.26 Å². The van der Waals surface area contributed by atoms with Crippen molar-refractivity contribution in [3.63, 3.8) is 0 Å². The number of rotatable bonds is 5. The topological polar surface area (TPSA) is 78.9 Å². The van der Waals surface area contributed by atoms with Gasteiger partial charge in [-0.2, -0.15) is 0 Å². The van der Waals surface area contributed by atoms with E-state index in [4.69, 9.17) is 20.9 Å². The second kappa shape index (κ2) is 8.41. The Hall–Kier alpha value is -2.90. The Morgan fingerprint density at radius 2 is 1.86 bits per heavy atom. The fourth-order valence-electron chi connectivity index (χ4n) is 2.65. The summed E-state index contributed by atoms with van der Waals surface area (Å²) in [5.74, 6) is 1.32. The van der Waals surface area contributed by atoms with Crippen LogP contribution >= 0.6 is 24.0 Å². The van der Waals surface area contributed by atoms with E-state index < -0.39 is 0 Å². The zero-order chi connectivity index (χ0) is 18.8. The van der Waals surface area contributed by atoms with Crippen LogP contribution in [0.5, 0.6) is 6.01 Å². The van der Waals surface area contributed by atoms with E-state index in [1.165, 1.54) is 0 Å². The molecular formula is C19H17Cl2N5O2. The molecule has 9 heteroatoms. The lowest BCUT2D eigenvalue weighted by Gasteiger charge is -2.10. The molecule has 0 saturated carbocycles. The van der Waals surface area contributed by atoms with Crippen molar-refractivity contribution in [3.8, 4) is 28.7 Å². The lowest BCUT2D eigenvalue weighted by molar-refractivity contribution is 0.190. The number of ether oxygens (including phenoxy) is 1. The zero-order valence-electron chi connectivity index (χ0n) is 15.1. The number of pyridine rings is 1. The third kappa shape index (κ3) is 4.00. The highest BCUT2D eigenvalue weighted by molar-refractivity contribution is 6.30. The monoisotopic (exact) mass is 417 g/mol. The first-order valence-electron chi connectivity index (χ1n) is 8.31. The van der Waals surface area contributed by atoms with Gasteiger partial charge in [-0.15, -0.1) is 17.5 Å². The van der Waals surface area contributed by atoms with E-state index >= 15 is 0 Å². The van der Waals surface area contributed by atoms with Gasteiger partial charge in [0.2, 0.25) is 0 Å². The highest BCUT2D eigenvalue weighted by Crippen LogP contribution is 2.28. The number of halogens is 2. The van der Waals surface area contributed by atoms with Crippen LogP contribution in [-0.2, 0) is 7.05 Å². The van der Waals surface area contributed by atoms with E-state index in [1.54, 1.807) is 17.0 Å². The van der Waals surface area contributed by atoms with Gasteiger partial charge in [0.1, 0.15) is 11.8 Å². The van der Waals surface area contributed by atoms with Crippen molar-refractivity contribution in [1.29, 1.82) is 0 Å². The first kappa shape index (κ1) is 19.9. The van der Waals surface area contributed by atoms with Crippen LogP contribution in [0.1, 0.15) is 18.7 Å². The van der Waals surface area contributed by atoms with Crippen molar-refractivity contribution >= 4 is 24.0 Å². The molecule has 0 unspecified atom stereocenters. The summed E-state index contributed by atoms with van der Waals surface area (Å²) in [5.41, 5.74) is 2.41. The van der Waals surface area contributed by atoms with Crippen LogP contribution in [0, 0.1) is 0 Å². The Morgan fingerprint density at radius 3 is 2.61 bits per heavy atom. The zero-order valence-corrected chi connectivity index (χ0v) is 16.7. The number of benzene rings is 1. The van der Waals surface area contributed by atoms with Gasteiger partial charge in [-0.05, 0) is 31.2 Å². The van der Waals surface area contributed by atoms with Gasteiger partial charge in [0.25, 0.3) is 0 Å². The van der Waals surface area contributed by atoms with Gasteiger partial charge in [-0.25, -0.2) is 0 Å². The molecule has 4 rings (SSSR count). The van der Waals surface area contributed by atoms with E-state index in [0.717, 1.165) is 11.1 Å². The maximum atomic E-state index is 6.03. The van der Waals surface area contributed by atoms with Crippen LogP contribution < -0.4 is 4.74 Å². The standard InChI is InChI=1S/C19H16ClN5O2.ClH/c1-12(16-11-17(27-24-16)14-4-3-5-15(20)10-14)26-19-23-22-18(25(19)2)13-6-8-21-9-7-13;/h3-12H,1-2H3;1H/t12-;/m1./s1. The molecule has 0 radical (unpaired) electrons. The van der Waals surface area contributed by atoms with Crippen LogP contribution in [0.2, 0.25) is 5.02 Å². The number of hydrogen-bond donors (Lipinski definition) is 0. The van der Waals surface area contributed by atoms with Crippen LogP contribution in [0.15, 0.2) is 59.4 Å². The van der Waals surface area contributed by atoms with Crippen LogP contribution in [0.4, 0.5) is 0 Å². The highest BCUT2D eigenvalue weighted by atomic mass is 35.5. The molecule has 3 heterocycles. The summed E-state index contributed by atoms with van der Waals surface area (Å²) in [6.07, 6.45) is 3.05. The highest BCUT2D eigenvalue weighted by Gasteiger charge is 2.19. The van der Waals surface area contributed by atoms with Gasteiger partial charge in [0.15, 0.2) is 11.6 Å². The van der Waals surface area contributed by atoms with Crippen molar-refractivity contribution in [3.05, 3.63) is 65.6 Å². The van der Waals surface area contributed by atoms with Gasteiger partial charge in [-0.3, -0.25) is 9.55 Å². The SMILES string of the molecule is C[C@@H](Oc1nnc(-c2ccncc2)n1C)c1cc(-c2cccc(Cl)c2)on1.Cl. The fourth-order valence-corrected chi connectivity index (χ4v) is 2.84. The molecule has 3 aromatic heterocycles. The summed E-state index contributed by atoms with van der Waals surface area (Å²) in [5, 5.41) is 13.1. The van der Waals surface area contributed by atoms with E-state index in [0.29, 0.717) is 28.3 Å². The molecule has 0 aliphatic carbocycles. The minimum Gasteiger partial charge on any atom is -0.454 e. The maximum Gasteiger partial charge on any atom is 0.317 e. The van der Waals surface area contributed by atoms with E-state index in [-0.39, 0.29) is 18.5 Å². The molecular weight excluding hydrogens is 401 g/mol. The molecule has 1 aromatic carbocycles. The molecule has 0 fully saturated rings. The molecule has 144 valence electrons. The van der Waals surface area contributed by atoms with Crippen LogP contribution in [0.25, 0.3) is 22.7 Å². The molecule has 0 aliphatic rings. The summed E-state index contributed by atoms with van der Waals surface area (Å²) >= 11 is 6.03. The Balaban J connectivity index is 0.00000225. The van der Waals surface area contributed by atoms with E-state index in [1.807, 2.05) is 56.4 Å². The van der Waals surface area contributed by atoms with Gasteiger partial charge in [-0.1, -0.05) is 34.0 Å². The van der Waals surface area contributed by atoms with Crippen molar-refractivity contribution in [1.82, 2.24) is 24.9 Å². The Bertz CT molecular complexity index is 1070. The van der Waals surface area contributed by atoms with Gasteiger partial charge >= 0.3 is 6.01 Å². The lowest BCUT2D eigenvalue weighted by atomic mass is 10.1. The summed E-state index contributed by atoms with van der Waals surface area (Å²) < 4.78 is 13.1. The molecule has 0 spiro atoms. The lowest BCUT2D eigenvalue weighted by Crippen LogP contribution is -2.07. The normalized spacial score (nSPS) is 11.7. The second-order valence-electron chi connectivity index (χ2n) is 5.99. The van der Waals surface area contributed by atoms with Crippen LogP contribution in [-0.4, -0.2) is 24.9 Å². The van der Waals surface area contributed by atoms with Crippen molar-refractivity contribution in [2.75, 3.05) is 0 Å². The number of aromatic nitrogens is 5. The summed E-state index contributed by atoms with van der Waals surface area (Å²) in [6.45, 7) is 1.88. The molecule has 0 saturated heterocycles. The third-order valence-corrected chi connectivity index (χ3v) is 4.34. The molecule has 1 atom stereocenters. The first-order valence-corrected chi connectivity index (χ1v) is 8.68. The molecule has 4 aromatic rings. The fraction of sp³-hybridized carbons (Fsp3) is 0.158. The average molecular weight is 418 g/mol. The average Bonchev–Trinajstić information content (AvgIpc) is 3.31. The van der Waals surface area contributed by atoms with E-state index in [2.05, 4.69) is 20.3 Å². The maximum absolute atomic E-state index is 6.03. The first-order chi connectivity index (χ1) is 13.1. The predicted octanol–water partition coefficient (Wildman–Crippen LogP) is 4.75. The molecule has 0 aliphatic heterocycles. The van der Waals surface area contributed by atoms with Crippen LogP contribution in [0.3, 0.4) is 0 Å². The molecule has 0 N–H and O–H groups in total. The Morgan fingerprint density at radius 1 is 1.07 bits per heavy atom. The largest absolute Gasteiger partial charge is 0.454 e. The minimum atomic E-state index is -0.366. The quantitative estimate of drug-likeness (QED) is 0.466. The number of hydrogen-bond acceptors (Lipinski definition) is 6. The van der Waals surface area contributed by atoms with E-state index in [9.17, 15) is 0 Å². The smallest absolute Gasteiger partial charge is 0.317 e. The summed E-state index contributed by atoms with van der Waals surface area (Å²) in [6, 6.07) is 13.4. The van der Waals surface area contributed by atoms with Crippen molar-refractivity contribution in [2.24, 2.45) is 7.05 Å². The Kier molecular flexibility index (Phi) is 5.96. The predicted molar refractivity (Wildman–Crippen MR) is 107 cm³/mol. The minimum absolute atomic E-state index is 0. The Labute approximate surface area is 172 Å². The summed E-state index contributed by atoms with van der Waals surface area (Å²) in [4.78, 5) is 4.01. The van der Waals surface area contributed by atoms with Gasteiger partial charge in [0, 0.05) is 41.7 Å². The molecule has 0 bridgehead atoms. The van der Waals surface area contributed by atoms with Gasteiger partial charge < -0.3 is 9.26 Å². The molecule has 0 amide bonds. The van der Waals surface area contributed by atoms with Crippen molar-refractivity contribution in [2.45, 2.75) is 13.0 Å².